The van der Waals surface area contributed by atoms with Gasteiger partial charge in [-0.3, -0.25) is 9.59 Å². The maximum Gasteiger partial charge on any atom is 0.248 e. The van der Waals surface area contributed by atoms with Gasteiger partial charge in [-0.1, -0.05) is 6.92 Å². The highest BCUT2D eigenvalue weighted by Crippen LogP contribution is 2.50. The number of carbonyl (C=O) groups is 1. The second kappa shape index (κ2) is 6.27. The van der Waals surface area contributed by atoms with Gasteiger partial charge in [-0.05, 0) is 43.0 Å². The molecule has 6 heteroatoms. The lowest BCUT2D eigenvalue weighted by molar-refractivity contribution is -0.117. The molecular formula is C20H22FN3O2. The Kier molecular flexibility index (Phi) is 4.05. The molecule has 2 heterocycles. The van der Waals surface area contributed by atoms with Gasteiger partial charge in [0.2, 0.25) is 11.5 Å². The van der Waals surface area contributed by atoms with Crippen molar-refractivity contribution in [3.63, 3.8) is 0 Å². The van der Waals surface area contributed by atoms with Gasteiger partial charge < -0.3 is 15.2 Å². The Morgan fingerprint density at radius 1 is 1.27 bits per heavy atom. The van der Waals surface area contributed by atoms with Crippen LogP contribution in [0, 0.1) is 17.7 Å². The highest BCUT2D eigenvalue weighted by Gasteiger charge is 2.47. The van der Waals surface area contributed by atoms with Crippen molar-refractivity contribution >= 4 is 17.3 Å². The summed E-state index contributed by atoms with van der Waals surface area (Å²) in [5.74, 6) is 0.251. The van der Waals surface area contributed by atoms with E-state index in [-0.39, 0.29) is 35.3 Å². The van der Waals surface area contributed by atoms with Gasteiger partial charge in [-0.2, -0.15) is 0 Å². The number of hydrogen-bond donors (Lipinski definition) is 2. The third-order valence-corrected chi connectivity index (χ3v) is 5.50. The number of nitrogens with zero attached hydrogens (tertiary/aromatic N) is 1. The van der Waals surface area contributed by atoms with E-state index in [1.165, 1.54) is 18.2 Å². The van der Waals surface area contributed by atoms with Crippen LogP contribution in [0.2, 0.25) is 0 Å². The first-order valence-corrected chi connectivity index (χ1v) is 9.00. The molecule has 136 valence electrons. The molecule has 0 saturated heterocycles. The van der Waals surface area contributed by atoms with Crippen LogP contribution in [0.3, 0.4) is 0 Å². The molecular weight excluding hydrogens is 333 g/mol. The van der Waals surface area contributed by atoms with Crippen molar-refractivity contribution in [2.45, 2.75) is 38.8 Å². The van der Waals surface area contributed by atoms with Crippen LogP contribution in [0.1, 0.15) is 38.3 Å². The topological polar surface area (TPSA) is 65.2 Å². The van der Waals surface area contributed by atoms with E-state index in [1.54, 1.807) is 25.3 Å². The fourth-order valence-electron chi connectivity index (χ4n) is 4.22. The van der Waals surface area contributed by atoms with Crippen LogP contribution in [-0.4, -0.2) is 16.9 Å². The van der Waals surface area contributed by atoms with Gasteiger partial charge in [-0.25, -0.2) is 4.39 Å². The quantitative estimate of drug-likeness (QED) is 0.886. The SMILES string of the molecule is CC(=O)N1c2ccc(F)cc2C(Nc2ccc(=O)[nH]c2)C(C)C1C1CC1. The average Bonchev–Trinajstić information content (AvgIpc) is 3.43. The molecule has 2 aromatic rings. The Hall–Kier alpha value is -2.63. The molecule has 5 nitrogen and oxygen atoms in total. The normalized spacial score (nSPS) is 24.9. The molecule has 1 aromatic carbocycles. The van der Waals surface area contributed by atoms with E-state index in [9.17, 15) is 14.0 Å². The highest BCUT2D eigenvalue weighted by atomic mass is 19.1. The number of pyridine rings is 1. The number of fused-ring (bicyclic) bond motifs is 1. The summed E-state index contributed by atoms with van der Waals surface area (Å²) in [6, 6.07) is 7.74. The van der Waals surface area contributed by atoms with E-state index in [1.807, 2.05) is 4.90 Å². The summed E-state index contributed by atoms with van der Waals surface area (Å²) in [6.07, 6.45) is 3.85. The van der Waals surface area contributed by atoms with Crippen LogP contribution in [-0.2, 0) is 4.79 Å². The molecule has 26 heavy (non-hydrogen) atoms. The molecule has 3 unspecified atom stereocenters. The van der Waals surface area contributed by atoms with Crippen LogP contribution in [0.4, 0.5) is 15.8 Å². The number of halogens is 1. The van der Waals surface area contributed by atoms with Crippen LogP contribution in [0.15, 0.2) is 41.3 Å². The Balaban J connectivity index is 1.80. The molecule has 0 spiro atoms. The zero-order chi connectivity index (χ0) is 18.4. The van der Waals surface area contributed by atoms with Gasteiger partial charge in [0.1, 0.15) is 5.82 Å². The summed E-state index contributed by atoms with van der Waals surface area (Å²) in [7, 11) is 0. The number of anilines is 2. The van der Waals surface area contributed by atoms with E-state index in [0.717, 1.165) is 29.8 Å². The van der Waals surface area contributed by atoms with E-state index < -0.39 is 0 Å². The Labute approximate surface area is 151 Å². The Morgan fingerprint density at radius 3 is 2.65 bits per heavy atom. The van der Waals surface area contributed by atoms with Gasteiger partial charge in [0.05, 0.1) is 11.7 Å². The molecule has 1 fully saturated rings. The van der Waals surface area contributed by atoms with E-state index >= 15 is 0 Å². The largest absolute Gasteiger partial charge is 0.377 e. The lowest BCUT2D eigenvalue weighted by Gasteiger charge is -2.46. The number of rotatable bonds is 3. The highest BCUT2D eigenvalue weighted by molar-refractivity contribution is 5.94. The van der Waals surface area contributed by atoms with Crippen molar-refractivity contribution in [2.75, 3.05) is 10.2 Å². The molecule has 1 saturated carbocycles. The lowest BCUT2D eigenvalue weighted by atomic mass is 9.80. The molecule has 1 aliphatic carbocycles. The number of amides is 1. The van der Waals surface area contributed by atoms with Crippen LogP contribution in [0.25, 0.3) is 0 Å². The Morgan fingerprint density at radius 2 is 2.04 bits per heavy atom. The second-order valence-corrected chi connectivity index (χ2v) is 7.34. The number of benzene rings is 1. The summed E-state index contributed by atoms with van der Waals surface area (Å²) in [5, 5.41) is 3.44. The summed E-state index contributed by atoms with van der Waals surface area (Å²) >= 11 is 0. The van der Waals surface area contributed by atoms with Gasteiger partial charge >= 0.3 is 0 Å². The third kappa shape index (κ3) is 2.89. The molecule has 1 aromatic heterocycles. The monoisotopic (exact) mass is 355 g/mol. The first-order valence-electron chi connectivity index (χ1n) is 9.00. The third-order valence-electron chi connectivity index (χ3n) is 5.50. The summed E-state index contributed by atoms with van der Waals surface area (Å²) < 4.78 is 14.0. The predicted octanol–water partition coefficient (Wildman–Crippen LogP) is 3.45. The smallest absolute Gasteiger partial charge is 0.248 e. The van der Waals surface area contributed by atoms with Gasteiger partial charge in [0.15, 0.2) is 0 Å². The van der Waals surface area contributed by atoms with Crippen molar-refractivity contribution in [1.29, 1.82) is 0 Å². The molecule has 4 rings (SSSR count). The van der Waals surface area contributed by atoms with Crippen molar-refractivity contribution in [3.8, 4) is 0 Å². The van der Waals surface area contributed by atoms with Gasteiger partial charge in [0, 0.05) is 42.4 Å². The molecule has 3 atom stereocenters. The first kappa shape index (κ1) is 16.8. The zero-order valence-corrected chi connectivity index (χ0v) is 14.8. The number of hydrogen-bond acceptors (Lipinski definition) is 3. The fraction of sp³-hybridized carbons (Fsp3) is 0.400. The predicted molar refractivity (Wildman–Crippen MR) is 98.7 cm³/mol. The van der Waals surface area contributed by atoms with E-state index in [2.05, 4.69) is 17.2 Å². The molecule has 0 bridgehead atoms. The minimum atomic E-state index is -0.322. The Bertz CT molecular complexity index is 886. The maximum atomic E-state index is 14.0. The zero-order valence-electron chi connectivity index (χ0n) is 14.8. The molecule has 1 amide bonds. The van der Waals surface area contributed by atoms with Crippen molar-refractivity contribution < 1.29 is 9.18 Å². The number of nitrogens with one attached hydrogen (secondary N) is 2. The van der Waals surface area contributed by atoms with Crippen LogP contribution < -0.4 is 15.8 Å². The summed E-state index contributed by atoms with van der Waals surface area (Å²) in [6.45, 7) is 3.68. The number of H-pyrrole nitrogens is 1. The minimum absolute atomic E-state index is 0.0101. The molecule has 2 N–H and O–H groups in total. The maximum absolute atomic E-state index is 14.0. The molecule has 0 radical (unpaired) electrons. The van der Waals surface area contributed by atoms with E-state index in [0.29, 0.717) is 5.92 Å². The molecule has 1 aliphatic heterocycles. The van der Waals surface area contributed by atoms with Gasteiger partial charge in [-0.15, -0.1) is 0 Å². The number of carbonyl (C=O) groups excluding carboxylic acids is 1. The first-order chi connectivity index (χ1) is 12.5. The fourth-order valence-corrected chi connectivity index (χ4v) is 4.22. The van der Waals surface area contributed by atoms with E-state index in [4.69, 9.17) is 0 Å². The van der Waals surface area contributed by atoms with Crippen molar-refractivity contribution in [2.24, 2.45) is 11.8 Å². The van der Waals surface area contributed by atoms with Crippen LogP contribution in [0.5, 0.6) is 0 Å². The minimum Gasteiger partial charge on any atom is -0.377 e. The number of aromatic amines is 1. The average molecular weight is 355 g/mol. The van der Waals surface area contributed by atoms with Gasteiger partial charge in [0.25, 0.3) is 0 Å². The summed E-state index contributed by atoms with van der Waals surface area (Å²) in [5.41, 5.74) is 2.14. The van der Waals surface area contributed by atoms with Crippen molar-refractivity contribution in [1.82, 2.24) is 4.98 Å². The standard InChI is InChI=1S/C20H22FN3O2/c1-11-19(23-15-6-8-18(26)22-10-15)16-9-14(21)5-7-17(16)24(12(2)25)20(11)13-3-4-13/h5-11,13,19-20,23H,3-4H2,1-2H3,(H,22,26). The second-order valence-electron chi connectivity index (χ2n) is 7.34. The van der Waals surface area contributed by atoms with Crippen molar-refractivity contribution in [3.05, 3.63) is 58.3 Å². The lowest BCUT2D eigenvalue weighted by Crippen LogP contribution is -2.51. The van der Waals surface area contributed by atoms with Crippen LogP contribution >= 0.6 is 0 Å². The summed E-state index contributed by atoms with van der Waals surface area (Å²) in [4.78, 5) is 28.2. The number of aromatic nitrogens is 1. The molecule has 2 aliphatic rings.